The zero-order valence-electron chi connectivity index (χ0n) is 15.9. The number of hydrogen-bond acceptors (Lipinski definition) is 4. The molecule has 0 bridgehead atoms. The van der Waals surface area contributed by atoms with Gasteiger partial charge in [-0.15, -0.1) is 0 Å². The second-order valence-electron chi connectivity index (χ2n) is 6.96. The van der Waals surface area contributed by atoms with Crippen molar-refractivity contribution >= 4 is 10.1 Å². The van der Waals surface area contributed by atoms with Gasteiger partial charge < -0.3 is 9.87 Å². The van der Waals surface area contributed by atoms with E-state index in [4.69, 9.17) is 0 Å². The Bertz CT molecular complexity index is 345. The molecule has 4 nitrogen and oxygen atoms in total. The Hall–Kier alpha value is -0.130. The molecule has 0 aromatic carbocycles. The average molecular weight is 363 g/mol. The van der Waals surface area contributed by atoms with Gasteiger partial charge in [0.1, 0.15) is 0 Å². The van der Waals surface area contributed by atoms with E-state index in [9.17, 15) is 13.0 Å². The largest absolute Gasteiger partial charge is 0.748 e. The van der Waals surface area contributed by atoms with E-state index in [0.29, 0.717) is 0 Å². The third-order valence-corrected chi connectivity index (χ3v) is 5.19. The first-order chi connectivity index (χ1) is 11.6. The van der Waals surface area contributed by atoms with Crippen LogP contribution in [0.2, 0.25) is 0 Å². The SMILES string of the molecule is CCCCCCCCCCCCCCCCCNCCS(=O)(=O)[O-]. The standard InChI is InChI=1S/C19H41NO3S/c1-2-3-4-5-6-7-8-9-10-11-12-13-14-15-16-17-20-18-19-24(21,22)23/h20H,2-19H2,1H3,(H,21,22,23)/p-1. The van der Waals surface area contributed by atoms with Crippen molar-refractivity contribution < 1.29 is 13.0 Å². The summed E-state index contributed by atoms with van der Waals surface area (Å²) in [5.74, 6) is -0.300. The maximum Gasteiger partial charge on any atom is 0.0958 e. The Morgan fingerprint density at radius 3 is 1.38 bits per heavy atom. The van der Waals surface area contributed by atoms with E-state index in [0.717, 1.165) is 13.0 Å². The van der Waals surface area contributed by atoms with Gasteiger partial charge in [-0.25, -0.2) is 8.42 Å². The fourth-order valence-corrected chi connectivity index (χ4v) is 3.34. The van der Waals surface area contributed by atoms with Crippen LogP contribution in [0, 0.1) is 0 Å². The molecule has 0 heterocycles. The van der Waals surface area contributed by atoms with Crippen molar-refractivity contribution in [2.75, 3.05) is 18.8 Å². The van der Waals surface area contributed by atoms with Gasteiger partial charge in [0.25, 0.3) is 0 Å². The van der Waals surface area contributed by atoms with Crippen molar-refractivity contribution in [1.82, 2.24) is 5.32 Å². The first-order valence-electron chi connectivity index (χ1n) is 10.2. The lowest BCUT2D eigenvalue weighted by Crippen LogP contribution is -2.23. The van der Waals surface area contributed by atoms with Gasteiger partial charge >= 0.3 is 0 Å². The lowest BCUT2D eigenvalue weighted by Gasteiger charge is -2.07. The lowest BCUT2D eigenvalue weighted by atomic mass is 10.0. The average Bonchev–Trinajstić information content (AvgIpc) is 2.52. The molecule has 5 heteroatoms. The van der Waals surface area contributed by atoms with Crippen molar-refractivity contribution in [3.8, 4) is 0 Å². The normalized spacial score (nSPS) is 11.9. The second-order valence-corrected chi connectivity index (χ2v) is 8.49. The lowest BCUT2D eigenvalue weighted by molar-refractivity contribution is 0.460. The third-order valence-electron chi connectivity index (χ3n) is 4.49. The molecule has 146 valence electrons. The zero-order chi connectivity index (χ0) is 17.9. The summed E-state index contributed by atoms with van der Waals surface area (Å²) in [6.07, 6.45) is 20.2. The van der Waals surface area contributed by atoms with Gasteiger partial charge in [0.15, 0.2) is 0 Å². The summed E-state index contributed by atoms with van der Waals surface area (Å²) >= 11 is 0. The number of rotatable bonds is 19. The molecule has 0 aliphatic carbocycles. The molecule has 0 saturated heterocycles. The minimum Gasteiger partial charge on any atom is -0.748 e. The van der Waals surface area contributed by atoms with Crippen molar-refractivity contribution in [3.05, 3.63) is 0 Å². The van der Waals surface area contributed by atoms with Crippen LogP contribution in [0.1, 0.15) is 103 Å². The Kier molecular flexibility index (Phi) is 17.6. The summed E-state index contributed by atoms with van der Waals surface area (Å²) in [6.45, 7) is 3.36. The maximum atomic E-state index is 10.4. The number of unbranched alkanes of at least 4 members (excludes halogenated alkanes) is 14. The second kappa shape index (κ2) is 17.7. The van der Waals surface area contributed by atoms with Crippen LogP contribution in [0.3, 0.4) is 0 Å². The van der Waals surface area contributed by atoms with Crippen LogP contribution >= 0.6 is 0 Å². The minimum absolute atomic E-state index is 0.282. The molecule has 0 unspecified atom stereocenters. The minimum atomic E-state index is -4.06. The van der Waals surface area contributed by atoms with Crippen molar-refractivity contribution in [3.63, 3.8) is 0 Å². The quantitative estimate of drug-likeness (QED) is 0.259. The molecule has 0 rings (SSSR count). The van der Waals surface area contributed by atoms with Gasteiger partial charge in [-0.1, -0.05) is 96.8 Å². The van der Waals surface area contributed by atoms with Crippen LogP contribution in [0.25, 0.3) is 0 Å². The van der Waals surface area contributed by atoms with E-state index >= 15 is 0 Å². The molecule has 0 fully saturated rings. The highest BCUT2D eigenvalue weighted by molar-refractivity contribution is 7.85. The summed E-state index contributed by atoms with van der Waals surface area (Å²) in [6, 6.07) is 0. The van der Waals surface area contributed by atoms with Gasteiger partial charge in [-0.05, 0) is 13.0 Å². The smallest absolute Gasteiger partial charge is 0.0958 e. The molecule has 0 aliphatic rings. The van der Waals surface area contributed by atoms with E-state index in [1.165, 1.54) is 89.9 Å². The number of hydrogen-bond donors (Lipinski definition) is 1. The maximum absolute atomic E-state index is 10.4. The fourth-order valence-electron chi connectivity index (χ4n) is 2.94. The Morgan fingerprint density at radius 2 is 1.00 bits per heavy atom. The van der Waals surface area contributed by atoms with E-state index in [2.05, 4.69) is 12.2 Å². The molecule has 0 atom stereocenters. The predicted molar refractivity (Wildman–Crippen MR) is 102 cm³/mol. The van der Waals surface area contributed by atoms with Crippen molar-refractivity contribution in [1.29, 1.82) is 0 Å². The highest BCUT2D eigenvalue weighted by Crippen LogP contribution is 2.13. The molecule has 0 amide bonds. The number of nitrogens with one attached hydrogen (secondary N) is 1. The molecule has 0 spiro atoms. The summed E-state index contributed by atoms with van der Waals surface area (Å²) in [5, 5.41) is 3.01. The first kappa shape index (κ1) is 23.9. The monoisotopic (exact) mass is 362 g/mol. The predicted octanol–water partition coefficient (Wildman–Crippen LogP) is 4.99. The van der Waals surface area contributed by atoms with E-state index < -0.39 is 10.1 Å². The molecular weight excluding hydrogens is 322 g/mol. The Labute approximate surface area is 150 Å². The first-order valence-corrected chi connectivity index (χ1v) is 11.8. The van der Waals surface area contributed by atoms with Gasteiger partial charge in [-0.3, -0.25) is 0 Å². The zero-order valence-corrected chi connectivity index (χ0v) is 16.7. The summed E-state index contributed by atoms with van der Waals surface area (Å²) < 4.78 is 31.2. The van der Waals surface area contributed by atoms with Crippen LogP contribution in [-0.2, 0) is 10.1 Å². The van der Waals surface area contributed by atoms with Crippen molar-refractivity contribution in [2.45, 2.75) is 103 Å². The Morgan fingerprint density at radius 1 is 0.625 bits per heavy atom. The van der Waals surface area contributed by atoms with Gasteiger partial charge in [0.2, 0.25) is 0 Å². The third kappa shape index (κ3) is 21.9. The molecular formula is C19H40NO3S-. The van der Waals surface area contributed by atoms with Crippen LogP contribution in [-0.4, -0.2) is 31.8 Å². The fraction of sp³-hybridized carbons (Fsp3) is 1.00. The van der Waals surface area contributed by atoms with Gasteiger partial charge in [-0.2, -0.15) is 0 Å². The molecule has 0 radical (unpaired) electrons. The van der Waals surface area contributed by atoms with Gasteiger partial charge in [0, 0.05) is 6.54 Å². The van der Waals surface area contributed by atoms with Crippen LogP contribution in [0.5, 0.6) is 0 Å². The van der Waals surface area contributed by atoms with E-state index in [1.807, 2.05) is 0 Å². The highest BCUT2D eigenvalue weighted by Gasteiger charge is 1.96. The molecule has 1 N–H and O–H groups in total. The molecule has 0 aromatic rings. The molecule has 0 aliphatic heterocycles. The Balaban J connectivity index is 3.03. The van der Waals surface area contributed by atoms with Crippen molar-refractivity contribution in [2.24, 2.45) is 0 Å². The topological polar surface area (TPSA) is 69.2 Å². The molecule has 24 heavy (non-hydrogen) atoms. The van der Waals surface area contributed by atoms with Crippen LogP contribution in [0.15, 0.2) is 0 Å². The molecule has 0 aromatic heterocycles. The van der Waals surface area contributed by atoms with Gasteiger partial charge in [0.05, 0.1) is 15.9 Å². The van der Waals surface area contributed by atoms with Crippen LogP contribution < -0.4 is 5.32 Å². The highest BCUT2D eigenvalue weighted by atomic mass is 32.2. The molecule has 0 saturated carbocycles. The van der Waals surface area contributed by atoms with Crippen LogP contribution in [0.4, 0.5) is 0 Å². The summed E-state index contributed by atoms with van der Waals surface area (Å²) in [7, 11) is -4.06. The van der Waals surface area contributed by atoms with E-state index in [1.54, 1.807) is 0 Å². The van der Waals surface area contributed by atoms with E-state index in [-0.39, 0.29) is 12.3 Å². The summed E-state index contributed by atoms with van der Waals surface area (Å²) in [5.41, 5.74) is 0. The summed E-state index contributed by atoms with van der Waals surface area (Å²) in [4.78, 5) is 0.